The molecule has 0 aliphatic carbocycles. The van der Waals surface area contributed by atoms with E-state index in [1.807, 2.05) is 13.0 Å². The standard InChI is InChI=1S/C14H23NO2/c1-4-17-11-12(2)15-14-8-6-5-7-13(14)9-10-16-3/h5-8,12,15H,4,9-11H2,1-3H3. The van der Waals surface area contributed by atoms with Gasteiger partial charge in [0, 0.05) is 25.4 Å². The third kappa shape index (κ3) is 5.20. The minimum absolute atomic E-state index is 0.318. The van der Waals surface area contributed by atoms with Crippen LogP contribution in [0.25, 0.3) is 0 Å². The number of nitrogens with one attached hydrogen (secondary N) is 1. The van der Waals surface area contributed by atoms with Crippen molar-refractivity contribution in [1.82, 2.24) is 0 Å². The molecule has 0 amide bonds. The molecule has 0 bridgehead atoms. The Balaban J connectivity index is 2.56. The predicted molar refractivity (Wildman–Crippen MR) is 71.6 cm³/mol. The molecule has 3 heteroatoms. The molecule has 0 aliphatic rings. The molecule has 1 aromatic rings. The molecule has 0 spiro atoms. The predicted octanol–water partition coefficient (Wildman–Crippen LogP) is 2.71. The van der Waals surface area contributed by atoms with Crippen molar-refractivity contribution in [2.75, 3.05) is 32.2 Å². The molecular formula is C14H23NO2. The summed E-state index contributed by atoms with van der Waals surface area (Å²) in [6.45, 7) is 6.38. The van der Waals surface area contributed by atoms with E-state index in [1.54, 1.807) is 7.11 Å². The third-order valence-corrected chi connectivity index (χ3v) is 2.57. The van der Waals surface area contributed by atoms with Crippen LogP contribution in [0.15, 0.2) is 24.3 Å². The molecule has 0 aromatic heterocycles. The lowest BCUT2D eigenvalue weighted by molar-refractivity contribution is 0.141. The van der Waals surface area contributed by atoms with Gasteiger partial charge in [0.15, 0.2) is 0 Å². The van der Waals surface area contributed by atoms with Crippen molar-refractivity contribution in [2.45, 2.75) is 26.3 Å². The molecule has 0 aliphatic heterocycles. The normalized spacial score (nSPS) is 12.4. The maximum absolute atomic E-state index is 5.40. The average molecular weight is 237 g/mol. The summed E-state index contributed by atoms with van der Waals surface area (Å²) in [5.74, 6) is 0. The number of para-hydroxylation sites is 1. The number of methoxy groups -OCH3 is 1. The van der Waals surface area contributed by atoms with Crippen LogP contribution in [-0.4, -0.2) is 33.0 Å². The maximum Gasteiger partial charge on any atom is 0.0664 e. The summed E-state index contributed by atoms with van der Waals surface area (Å²) >= 11 is 0. The Kier molecular flexibility index (Phi) is 6.67. The van der Waals surface area contributed by atoms with E-state index in [0.717, 1.165) is 26.2 Å². The molecule has 1 unspecified atom stereocenters. The van der Waals surface area contributed by atoms with Crippen LogP contribution in [0.2, 0.25) is 0 Å². The van der Waals surface area contributed by atoms with Gasteiger partial charge in [-0.2, -0.15) is 0 Å². The van der Waals surface area contributed by atoms with Gasteiger partial charge in [-0.25, -0.2) is 0 Å². The summed E-state index contributed by atoms with van der Waals surface area (Å²) < 4.78 is 10.5. The molecule has 1 aromatic carbocycles. The second-order valence-electron chi connectivity index (χ2n) is 4.10. The van der Waals surface area contributed by atoms with E-state index in [1.165, 1.54) is 11.3 Å². The van der Waals surface area contributed by atoms with Crippen LogP contribution < -0.4 is 5.32 Å². The first kappa shape index (κ1) is 14.0. The van der Waals surface area contributed by atoms with E-state index in [-0.39, 0.29) is 0 Å². The van der Waals surface area contributed by atoms with E-state index in [0.29, 0.717) is 6.04 Å². The monoisotopic (exact) mass is 237 g/mol. The van der Waals surface area contributed by atoms with Crippen LogP contribution in [-0.2, 0) is 15.9 Å². The Morgan fingerprint density at radius 1 is 1.29 bits per heavy atom. The van der Waals surface area contributed by atoms with E-state index in [4.69, 9.17) is 9.47 Å². The number of rotatable bonds is 8. The Labute approximate surface area is 104 Å². The molecule has 1 atom stereocenters. The molecule has 0 fully saturated rings. The number of hydrogen-bond donors (Lipinski definition) is 1. The minimum atomic E-state index is 0.318. The fraction of sp³-hybridized carbons (Fsp3) is 0.571. The van der Waals surface area contributed by atoms with Crippen LogP contribution in [0, 0.1) is 0 Å². The van der Waals surface area contributed by atoms with Gasteiger partial charge in [-0.1, -0.05) is 18.2 Å². The largest absolute Gasteiger partial charge is 0.384 e. The first-order valence-electron chi connectivity index (χ1n) is 6.19. The van der Waals surface area contributed by atoms with Gasteiger partial charge in [0.1, 0.15) is 0 Å². The quantitative estimate of drug-likeness (QED) is 0.754. The summed E-state index contributed by atoms with van der Waals surface area (Å²) in [4.78, 5) is 0. The maximum atomic E-state index is 5.40. The Bertz CT molecular complexity index is 315. The molecular weight excluding hydrogens is 214 g/mol. The van der Waals surface area contributed by atoms with Crippen LogP contribution in [0.3, 0.4) is 0 Å². The van der Waals surface area contributed by atoms with Crippen molar-refractivity contribution >= 4 is 5.69 Å². The Hall–Kier alpha value is -1.06. The van der Waals surface area contributed by atoms with Crippen molar-refractivity contribution in [3.05, 3.63) is 29.8 Å². The van der Waals surface area contributed by atoms with Crippen molar-refractivity contribution in [2.24, 2.45) is 0 Å². The zero-order valence-electron chi connectivity index (χ0n) is 11.0. The van der Waals surface area contributed by atoms with Crippen LogP contribution in [0.1, 0.15) is 19.4 Å². The van der Waals surface area contributed by atoms with Gasteiger partial charge in [0.2, 0.25) is 0 Å². The van der Waals surface area contributed by atoms with Crippen molar-refractivity contribution in [3.8, 4) is 0 Å². The molecule has 17 heavy (non-hydrogen) atoms. The molecule has 1 N–H and O–H groups in total. The third-order valence-electron chi connectivity index (χ3n) is 2.57. The number of hydrogen-bond acceptors (Lipinski definition) is 3. The molecule has 0 saturated heterocycles. The number of benzene rings is 1. The van der Waals surface area contributed by atoms with E-state index < -0.39 is 0 Å². The van der Waals surface area contributed by atoms with Gasteiger partial charge in [-0.15, -0.1) is 0 Å². The van der Waals surface area contributed by atoms with Crippen LogP contribution in [0.5, 0.6) is 0 Å². The highest BCUT2D eigenvalue weighted by molar-refractivity contribution is 5.51. The van der Waals surface area contributed by atoms with Crippen molar-refractivity contribution < 1.29 is 9.47 Å². The van der Waals surface area contributed by atoms with Gasteiger partial charge in [-0.3, -0.25) is 0 Å². The zero-order valence-corrected chi connectivity index (χ0v) is 11.0. The van der Waals surface area contributed by atoms with Gasteiger partial charge >= 0.3 is 0 Å². The zero-order chi connectivity index (χ0) is 12.5. The first-order chi connectivity index (χ1) is 8.27. The lowest BCUT2D eigenvalue weighted by Crippen LogP contribution is -2.22. The van der Waals surface area contributed by atoms with Crippen molar-refractivity contribution in [3.63, 3.8) is 0 Å². The fourth-order valence-corrected chi connectivity index (χ4v) is 1.69. The highest BCUT2D eigenvalue weighted by Gasteiger charge is 2.05. The Morgan fingerprint density at radius 2 is 2.06 bits per heavy atom. The average Bonchev–Trinajstić information content (AvgIpc) is 2.35. The molecule has 0 saturated carbocycles. The highest BCUT2D eigenvalue weighted by atomic mass is 16.5. The second kappa shape index (κ2) is 8.09. The van der Waals surface area contributed by atoms with E-state index >= 15 is 0 Å². The SMILES string of the molecule is CCOCC(C)Nc1ccccc1CCOC. The topological polar surface area (TPSA) is 30.5 Å². The summed E-state index contributed by atoms with van der Waals surface area (Å²) in [5, 5.41) is 3.47. The number of anilines is 1. The minimum Gasteiger partial charge on any atom is -0.384 e. The second-order valence-corrected chi connectivity index (χ2v) is 4.10. The molecule has 0 heterocycles. The van der Waals surface area contributed by atoms with Crippen LogP contribution >= 0.6 is 0 Å². The van der Waals surface area contributed by atoms with Gasteiger partial charge < -0.3 is 14.8 Å². The Morgan fingerprint density at radius 3 is 2.76 bits per heavy atom. The van der Waals surface area contributed by atoms with Crippen molar-refractivity contribution in [1.29, 1.82) is 0 Å². The van der Waals surface area contributed by atoms with Crippen LogP contribution in [0.4, 0.5) is 5.69 Å². The molecule has 1 rings (SSSR count). The molecule has 96 valence electrons. The van der Waals surface area contributed by atoms with Gasteiger partial charge in [0.25, 0.3) is 0 Å². The summed E-state index contributed by atoms with van der Waals surface area (Å²) in [6.07, 6.45) is 0.932. The molecule has 3 nitrogen and oxygen atoms in total. The van der Waals surface area contributed by atoms with E-state index in [9.17, 15) is 0 Å². The highest BCUT2D eigenvalue weighted by Crippen LogP contribution is 2.16. The van der Waals surface area contributed by atoms with Gasteiger partial charge in [-0.05, 0) is 31.9 Å². The van der Waals surface area contributed by atoms with Gasteiger partial charge in [0.05, 0.1) is 13.2 Å². The summed E-state index contributed by atoms with van der Waals surface area (Å²) in [7, 11) is 1.73. The lowest BCUT2D eigenvalue weighted by Gasteiger charge is -2.17. The smallest absolute Gasteiger partial charge is 0.0664 e. The van der Waals surface area contributed by atoms with E-state index in [2.05, 4.69) is 30.4 Å². The first-order valence-corrected chi connectivity index (χ1v) is 6.19. The summed E-state index contributed by atoms with van der Waals surface area (Å²) in [5.41, 5.74) is 2.47. The lowest BCUT2D eigenvalue weighted by atomic mass is 10.1. The fourth-order valence-electron chi connectivity index (χ4n) is 1.69. The number of ether oxygens (including phenoxy) is 2. The molecule has 0 radical (unpaired) electrons. The summed E-state index contributed by atoms with van der Waals surface area (Å²) in [6, 6.07) is 8.66.